The summed E-state index contributed by atoms with van der Waals surface area (Å²) in [6, 6.07) is 7.24. The van der Waals surface area contributed by atoms with E-state index in [-0.39, 0.29) is 6.54 Å². The standard InChI is InChI=1S/C15H16F3N3O2/c1-21-9-11(13(20-21)15(16,17)18)14(22)19-8-7-10-5-3-4-6-12(10)23-2/h3-6,9H,7-8H2,1-2H3,(H,19,22). The maximum atomic E-state index is 12.8. The van der Waals surface area contributed by atoms with Gasteiger partial charge < -0.3 is 10.1 Å². The second-order valence-electron chi connectivity index (χ2n) is 4.88. The van der Waals surface area contributed by atoms with Crippen LogP contribution in [-0.2, 0) is 19.6 Å². The monoisotopic (exact) mass is 327 g/mol. The first-order valence-electron chi connectivity index (χ1n) is 6.84. The lowest BCUT2D eigenvalue weighted by Gasteiger charge is -2.09. The van der Waals surface area contributed by atoms with E-state index in [0.29, 0.717) is 12.2 Å². The lowest BCUT2D eigenvalue weighted by Crippen LogP contribution is -2.27. The third kappa shape index (κ3) is 4.02. The van der Waals surface area contributed by atoms with Crippen molar-refractivity contribution in [1.29, 1.82) is 0 Å². The molecule has 1 amide bonds. The van der Waals surface area contributed by atoms with E-state index in [4.69, 9.17) is 4.74 Å². The number of hydrogen-bond donors (Lipinski definition) is 1. The fraction of sp³-hybridized carbons (Fsp3) is 0.333. The zero-order chi connectivity index (χ0) is 17.0. The van der Waals surface area contributed by atoms with E-state index in [0.717, 1.165) is 16.4 Å². The number of aryl methyl sites for hydroxylation is 1. The molecule has 0 aliphatic rings. The number of hydrogen-bond acceptors (Lipinski definition) is 3. The molecule has 0 unspecified atom stereocenters. The lowest BCUT2D eigenvalue weighted by atomic mass is 10.1. The van der Waals surface area contributed by atoms with Gasteiger partial charge in [-0.15, -0.1) is 0 Å². The average molecular weight is 327 g/mol. The number of rotatable bonds is 5. The maximum Gasteiger partial charge on any atom is 0.435 e. The van der Waals surface area contributed by atoms with Crippen LogP contribution in [0, 0.1) is 0 Å². The number of nitrogens with zero attached hydrogens (tertiary/aromatic N) is 2. The van der Waals surface area contributed by atoms with E-state index in [1.54, 1.807) is 6.07 Å². The average Bonchev–Trinajstić information content (AvgIpc) is 2.90. The predicted octanol–water partition coefficient (Wildman–Crippen LogP) is 2.42. The first kappa shape index (κ1) is 16.9. The first-order chi connectivity index (χ1) is 10.8. The number of amides is 1. The van der Waals surface area contributed by atoms with Crippen LogP contribution < -0.4 is 10.1 Å². The number of halogens is 3. The summed E-state index contributed by atoms with van der Waals surface area (Å²) >= 11 is 0. The Bertz CT molecular complexity index is 696. The number of aromatic nitrogens is 2. The van der Waals surface area contributed by atoms with Crippen LogP contribution in [-0.4, -0.2) is 29.3 Å². The summed E-state index contributed by atoms with van der Waals surface area (Å²) in [6.45, 7) is 0.186. The molecule has 124 valence electrons. The molecule has 2 aromatic rings. The van der Waals surface area contributed by atoms with E-state index in [1.807, 2.05) is 18.2 Å². The molecule has 1 aromatic carbocycles. The van der Waals surface area contributed by atoms with Gasteiger partial charge in [0.1, 0.15) is 5.75 Å². The summed E-state index contributed by atoms with van der Waals surface area (Å²) in [5.74, 6) is -0.139. The Labute approximate surface area is 131 Å². The number of carbonyl (C=O) groups excluding carboxylic acids is 1. The highest BCUT2D eigenvalue weighted by atomic mass is 19.4. The molecule has 23 heavy (non-hydrogen) atoms. The molecule has 0 saturated carbocycles. The molecule has 0 radical (unpaired) electrons. The number of carbonyl (C=O) groups is 1. The van der Waals surface area contributed by atoms with Crippen molar-refractivity contribution in [2.24, 2.45) is 7.05 Å². The van der Waals surface area contributed by atoms with Crippen LogP contribution >= 0.6 is 0 Å². The quantitative estimate of drug-likeness (QED) is 0.917. The molecule has 0 fully saturated rings. The van der Waals surface area contributed by atoms with Gasteiger partial charge in [-0.3, -0.25) is 9.48 Å². The van der Waals surface area contributed by atoms with Gasteiger partial charge in [0.15, 0.2) is 5.69 Å². The van der Waals surface area contributed by atoms with E-state index in [1.165, 1.54) is 14.2 Å². The SMILES string of the molecule is COc1ccccc1CCNC(=O)c1cn(C)nc1C(F)(F)F. The Morgan fingerprint density at radius 3 is 2.70 bits per heavy atom. The Morgan fingerprint density at radius 2 is 2.04 bits per heavy atom. The number of ether oxygens (including phenoxy) is 1. The van der Waals surface area contributed by atoms with Crippen molar-refractivity contribution < 1.29 is 22.7 Å². The molecular weight excluding hydrogens is 311 g/mol. The minimum Gasteiger partial charge on any atom is -0.496 e. The summed E-state index contributed by atoms with van der Waals surface area (Å²) in [6.07, 6.45) is -3.17. The van der Waals surface area contributed by atoms with Crippen LogP contribution in [0.4, 0.5) is 13.2 Å². The topological polar surface area (TPSA) is 56.1 Å². The molecule has 0 spiro atoms. The van der Waals surface area contributed by atoms with E-state index in [9.17, 15) is 18.0 Å². The molecule has 1 N–H and O–H groups in total. The predicted molar refractivity (Wildman–Crippen MR) is 77.2 cm³/mol. The molecule has 0 atom stereocenters. The summed E-state index contributed by atoms with van der Waals surface area (Å²) in [5.41, 5.74) is -0.813. The molecule has 0 bridgehead atoms. The van der Waals surface area contributed by atoms with Crippen molar-refractivity contribution in [3.05, 3.63) is 47.3 Å². The van der Waals surface area contributed by atoms with Crippen LogP contribution in [0.5, 0.6) is 5.75 Å². The molecule has 1 aromatic heterocycles. The van der Waals surface area contributed by atoms with Crippen LogP contribution in [0.1, 0.15) is 21.6 Å². The van der Waals surface area contributed by atoms with Crippen molar-refractivity contribution in [3.63, 3.8) is 0 Å². The van der Waals surface area contributed by atoms with E-state index in [2.05, 4.69) is 10.4 Å². The van der Waals surface area contributed by atoms with E-state index >= 15 is 0 Å². The van der Waals surface area contributed by atoms with Gasteiger partial charge in [0.05, 0.1) is 12.7 Å². The summed E-state index contributed by atoms with van der Waals surface area (Å²) in [7, 11) is 2.86. The van der Waals surface area contributed by atoms with Crippen LogP contribution in [0.2, 0.25) is 0 Å². The van der Waals surface area contributed by atoms with Gasteiger partial charge in [-0.25, -0.2) is 0 Å². The van der Waals surface area contributed by atoms with Crippen molar-refractivity contribution in [3.8, 4) is 5.75 Å². The maximum absolute atomic E-state index is 12.8. The van der Waals surface area contributed by atoms with Gasteiger partial charge in [-0.05, 0) is 18.1 Å². The third-order valence-electron chi connectivity index (χ3n) is 3.21. The van der Waals surface area contributed by atoms with Crippen molar-refractivity contribution >= 4 is 5.91 Å². The van der Waals surface area contributed by atoms with Gasteiger partial charge in [0.2, 0.25) is 0 Å². The number of benzene rings is 1. The molecule has 1 heterocycles. The minimum absolute atomic E-state index is 0.186. The molecule has 0 aliphatic heterocycles. The summed E-state index contributed by atoms with van der Waals surface area (Å²) in [4.78, 5) is 12.0. The number of methoxy groups -OCH3 is 1. The minimum atomic E-state index is -4.67. The van der Waals surface area contributed by atoms with Crippen LogP contribution in [0.3, 0.4) is 0 Å². The van der Waals surface area contributed by atoms with Crippen molar-refractivity contribution in [2.75, 3.05) is 13.7 Å². The summed E-state index contributed by atoms with van der Waals surface area (Å²) < 4.78 is 44.7. The fourth-order valence-electron chi connectivity index (χ4n) is 2.18. The smallest absolute Gasteiger partial charge is 0.435 e. The van der Waals surface area contributed by atoms with Gasteiger partial charge in [0, 0.05) is 19.8 Å². The largest absolute Gasteiger partial charge is 0.496 e. The second-order valence-corrected chi connectivity index (χ2v) is 4.88. The number of nitrogens with one attached hydrogen (secondary N) is 1. The van der Waals surface area contributed by atoms with E-state index < -0.39 is 23.3 Å². The van der Waals surface area contributed by atoms with Gasteiger partial charge in [-0.1, -0.05) is 18.2 Å². The normalized spacial score (nSPS) is 11.3. The third-order valence-corrected chi connectivity index (χ3v) is 3.21. The van der Waals surface area contributed by atoms with Crippen molar-refractivity contribution in [2.45, 2.75) is 12.6 Å². The Hall–Kier alpha value is -2.51. The fourth-order valence-corrected chi connectivity index (χ4v) is 2.18. The van der Waals surface area contributed by atoms with Crippen LogP contribution in [0.25, 0.3) is 0 Å². The highest BCUT2D eigenvalue weighted by Crippen LogP contribution is 2.30. The summed E-state index contributed by atoms with van der Waals surface area (Å²) in [5, 5.41) is 5.78. The molecule has 8 heteroatoms. The van der Waals surface area contributed by atoms with Crippen molar-refractivity contribution in [1.82, 2.24) is 15.1 Å². The molecule has 0 saturated heterocycles. The lowest BCUT2D eigenvalue weighted by molar-refractivity contribution is -0.141. The Kier molecular flexibility index (Phi) is 4.92. The molecular formula is C15H16F3N3O2. The van der Waals surface area contributed by atoms with Gasteiger partial charge >= 0.3 is 6.18 Å². The Balaban J connectivity index is 2.03. The first-order valence-corrected chi connectivity index (χ1v) is 6.84. The molecule has 5 nitrogen and oxygen atoms in total. The Morgan fingerprint density at radius 1 is 1.35 bits per heavy atom. The second kappa shape index (κ2) is 6.72. The number of para-hydroxylation sites is 1. The van der Waals surface area contributed by atoms with Gasteiger partial charge in [0.25, 0.3) is 5.91 Å². The zero-order valence-corrected chi connectivity index (χ0v) is 12.6. The zero-order valence-electron chi connectivity index (χ0n) is 12.6. The van der Waals surface area contributed by atoms with Gasteiger partial charge in [-0.2, -0.15) is 18.3 Å². The number of alkyl halides is 3. The highest BCUT2D eigenvalue weighted by Gasteiger charge is 2.38. The molecule has 2 rings (SSSR count). The van der Waals surface area contributed by atoms with Crippen LogP contribution in [0.15, 0.2) is 30.5 Å². The highest BCUT2D eigenvalue weighted by molar-refractivity contribution is 5.95. The molecule has 0 aliphatic carbocycles.